The molecule has 0 saturated carbocycles. The fourth-order valence-corrected chi connectivity index (χ4v) is 1.99. The number of halogens is 2. The van der Waals surface area contributed by atoms with Gasteiger partial charge in [0.25, 0.3) is 0 Å². The summed E-state index contributed by atoms with van der Waals surface area (Å²) in [5.74, 6) is 3.14. The Morgan fingerprint density at radius 1 is 1.12 bits per heavy atom. The van der Waals surface area contributed by atoms with Gasteiger partial charge in [0, 0.05) is 0 Å². The molecule has 0 atom stereocenters. The molecular formula is C13H20Br2Si. The van der Waals surface area contributed by atoms with Gasteiger partial charge < -0.3 is 0 Å². The predicted molar refractivity (Wildman–Crippen MR) is 84.7 cm³/mol. The Labute approximate surface area is 118 Å². The van der Waals surface area contributed by atoms with Gasteiger partial charge >= 0.3 is 0 Å². The smallest absolute Gasteiger partial charge is 0.127 e. The fourth-order valence-electron chi connectivity index (χ4n) is 1.02. The molecule has 0 rings (SSSR count). The maximum Gasteiger partial charge on any atom is 0.129 e. The highest BCUT2D eigenvalue weighted by Crippen LogP contribution is 2.15. The molecule has 16 heavy (non-hydrogen) atoms. The molecule has 0 aromatic rings. The molecular weight excluding hydrogens is 344 g/mol. The molecule has 0 radical (unpaired) electrons. The lowest BCUT2D eigenvalue weighted by Gasteiger charge is -2.02. The van der Waals surface area contributed by atoms with E-state index in [1.807, 2.05) is 6.08 Å². The maximum absolute atomic E-state index is 3.35. The SMILES string of the molecule is C[Si](C)(C)C#C/C=C/CCCCC=C(Br)Br. The zero-order valence-corrected chi connectivity index (χ0v) is 14.5. The van der Waals surface area contributed by atoms with Crippen molar-refractivity contribution >= 4 is 39.9 Å². The highest BCUT2D eigenvalue weighted by Gasteiger charge is 2.06. The van der Waals surface area contributed by atoms with Crippen molar-refractivity contribution in [1.82, 2.24) is 0 Å². The lowest BCUT2D eigenvalue weighted by atomic mass is 10.2. The average Bonchev–Trinajstić information content (AvgIpc) is 2.13. The molecule has 0 saturated heterocycles. The molecule has 0 amide bonds. The van der Waals surface area contributed by atoms with Crippen molar-refractivity contribution in [3.63, 3.8) is 0 Å². The lowest BCUT2D eigenvalue weighted by Crippen LogP contribution is -2.16. The van der Waals surface area contributed by atoms with Crippen LogP contribution in [0.25, 0.3) is 0 Å². The van der Waals surface area contributed by atoms with Crippen molar-refractivity contribution in [3.8, 4) is 11.5 Å². The molecule has 0 fully saturated rings. The van der Waals surface area contributed by atoms with E-state index in [1.165, 1.54) is 12.8 Å². The van der Waals surface area contributed by atoms with Crippen molar-refractivity contribution in [2.24, 2.45) is 0 Å². The maximum atomic E-state index is 3.35. The highest BCUT2D eigenvalue weighted by atomic mass is 79.9. The monoisotopic (exact) mass is 362 g/mol. The minimum Gasteiger partial charge on any atom is -0.127 e. The largest absolute Gasteiger partial charge is 0.129 e. The van der Waals surface area contributed by atoms with E-state index in [4.69, 9.17) is 0 Å². The molecule has 0 N–H and O–H groups in total. The summed E-state index contributed by atoms with van der Waals surface area (Å²) in [5, 5.41) is 0. The van der Waals surface area contributed by atoms with E-state index in [2.05, 4.69) is 75.1 Å². The van der Waals surface area contributed by atoms with Gasteiger partial charge in [0.15, 0.2) is 0 Å². The van der Waals surface area contributed by atoms with Crippen LogP contribution >= 0.6 is 31.9 Å². The first kappa shape index (κ1) is 16.2. The van der Waals surface area contributed by atoms with Crippen molar-refractivity contribution in [2.75, 3.05) is 0 Å². The van der Waals surface area contributed by atoms with E-state index < -0.39 is 8.07 Å². The first-order valence-corrected chi connectivity index (χ1v) is 10.7. The van der Waals surface area contributed by atoms with Crippen LogP contribution in [-0.4, -0.2) is 8.07 Å². The average molecular weight is 364 g/mol. The van der Waals surface area contributed by atoms with Gasteiger partial charge in [-0.05, 0) is 63.6 Å². The molecule has 0 aromatic heterocycles. The van der Waals surface area contributed by atoms with Crippen LogP contribution in [0.15, 0.2) is 21.6 Å². The van der Waals surface area contributed by atoms with Crippen LogP contribution < -0.4 is 0 Å². The molecule has 3 heteroatoms. The summed E-state index contributed by atoms with van der Waals surface area (Å²) >= 11 is 6.69. The van der Waals surface area contributed by atoms with Crippen LogP contribution in [0.3, 0.4) is 0 Å². The Bertz CT molecular complexity index is 296. The second-order valence-electron chi connectivity index (χ2n) is 4.70. The van der Waals surface area contributed by atoms with E-state index in [9.17, 15) is 0 Å². The van der Waals surface area contributed by atoms with Crippen molar-refractivity contribution in [1.29, 1.82) is 0 Å². The topological polar surface area (TPSA) is 0 Å². The summed E-state index contributed by atoms with van der Waals surface area (Å²) in [5.41, 5.74) is 3.32. The van der Waals surface area contributed by atoms with Crippen LogP contribution in [0.2, 0.25) is 19.6 Å². The number of hydrogen-bond acceptors (Lipinski definition) is 0. The van der Waals surface area contributed by atoms with Crippen molar-refractivity contribution < 1.29 is 0 Å². The molecule has 90 valence electrons. The van der Waals surface area contributed by atoms with Gasteiger partial charge in [-0.15, -0.1) is 5.54 Å². The van der Waals surface area contributed by atoms with Gasteiger partial charge in [0.1, 0.15) is 8.07 Å². The second kappa shape index (κ2) is 9.27. The normalized spacial score (nSPS) is 11.1. The van der Waals surface area contributed by atoms with Crippen LogP contribution in [0, 0.1) is 11.5 Å². The molecule has 0 aliphatic heterocycles. The van der Waals surface area contributed by atoms with E-state index in [0.29, 0.717) is 0 Å². The molecule has 0 heterocycles. The predicted octanol–water partition coefficient (Wildman–Crippen LogP) is 5.62. The summed E-state index contributed by atoms with van der Waals surface area (Å²) in [6.45, 7) is 6.79. The quantitative estimate of drug-likeness (QED) is 0.338. The Balaban J connectivity index is 3.55. The van der Waals surface area contributed by atoms with Gasteiger partial charge in [0.2, 0.25) is 0 Å². The Morgan fingerprint density at radius 2 is 1.75 bits per heavy atom. The van der Waals surface area contributed by atoms with E-state index >= 15 is 0 Å². The zero-order valence-electron chi connectivity index (χ0n) is 10.3. The lowest BCUT2D eigenvalue weighted by molar-refractivity contribution is 0.762. The van der Waals surface area contributed by atoms with Gasteiger partial charge in [-0.1, -0.05) is 37.7 Å². The standard InChI is InChI=1S/C13H20Br2Si/c1-16(2,3)12-10-8-6-4-5-7-9-11-13(14)15/h6,8,11H,4-5,7,9H2,1-3H3/b8-6+. The van der Waals surface area contributed by atoms with Crippen LogP contribution in [0.4, 0.5) is 0 Å². The summed E-state index contributed by atoms with van der Waals surface area (Å²) in [6.07, 6.45) is 11.1. The Morgan fingerprint density at radius 3 is 2.31 bits per heavy atom. The van der Waals surface area contributed by atoms with E-state index in [-0.39, 0.29) is 0 Å². The number of hydrogen-bond donors (Lipinski definition) is 0. The summed E-state index contributed by atoms with van der Waals surface area (Å²) < 4.78 is 1.05. The Hall–Kier alpha value is 0.217. The number of allylic oxidation sites excluding steroid dienone is 3. The minimum atomic E-state index is -1.18. The van der Waals surface area contributed by atoms with Gasteiger partial charge in [-0.25, -0.2) is 0 Å². The molecule has 0 aromatic carbocycles. The van der Waals surface area contributed by atoms with Crippen LogP contribution in [0.1, 0.15) is 25.7 Å². The first-order valence-electron chi connectivity index (χ1n) is 5.61. The third-order valence-electron chi connectivity index (χ3n) is 1.77. The molecule has 0 bridgehead atoms. The third kappa shape index (κ3) is 14.2. The second-order valence-corrected chi connectivity index (χ2v) is 12.2. The highest BCUT2D eigenvalue weighted by molar-refractivity contribution is 9.28. The van der Waals surface area contributed by atoms with Crippen molar-refractivity contribution in [3.05, 3.63) is 21.6 Å². The van der Waals surface area contributed by atoms with Crippen LogP contribution in [-0.2, 0) is 0 Å². The number of unbranched alkanes of at least 4 members (excludes halogenated alkanes) is 3. The van der Waals surface area contributed by atoms with Gasteiger partial charge in [0.05, 0.1) is 3.39 Å². The van der Waals surface area contributed by atoms with Gasteiger partial charge in [-0.3, -0.25) is 0 Å². The summed E-state index contributed by atoms with van der Waals surface area (Å²) in [7, 11) is -1.18. The molecule has 0 spiro atoms. The molecule has 0 unspecified atom stereocenters. The number of rotatable bonds is 5. The van der Waals surface area contributed by atoms with E-state index in [0.717, 1.165) is 16.2 Å². The third-order valence-corrected chi connectivity index (χ3v) is 3.31. The van der Waals surface area contributed by atoms with Crippen LogP contribution in [0.5, 0.6) is 0 Å². The fraction of sp³-hybridized carbons (Fsp3) is 0.538. The van der Waals surface area contributed by atoms with E-state index in [1.54, 1.807) is 0 Å². The molecule has 0 aliphatic carbocycles. The summed E-state index contributed by atoms with van der Waals surface area (Å²) in [4.78, 5) is 0. The molecule has 0 nitrogen and oxygen atoms in total. The minimum absolute atomic E-state index is 1.05. The Kier molecular flexibility index (Phi) is 9.39. The van der Waals surface area contributed by atoms with Gasteiger partial charge in [-0.2, -0.15) is 0 Å². The summed E-state index contributed by atoms with van der Waals surface area (Å²) in [6, 6.07) is 0. The zero-order chi connectivity index (χ0) is 12.4. The van der Waals surface area contributed by atoms with Crippen molar-refractivity contribution in [2.45, 2.75) is 45.3 Å². The molecule has 0 aliphatic rings. The first-order chi connectivity index (χ1) is 7.42.